The van der Waals surface area contributed by atoms with Crippen LogP contribution in [0.5, 0.6) is 0 Å². The van der Waals surface area contributed by atoms with Gasteiger partial charge in [0.05, 0.1) is 17.9 Å². The lowest BCUT2D eigenvalue weighted by Crippen LogP contribution is -2.15. The number of halogens is 1. The summed E-state index contributed by atoms with van der Waals surface area (Å²) >= 11 is 3.36. The van der Waals surface area contributed by atoms with Gasteiger partial charge in [0.25, 0.3) is 0 Å². The zero-order valence-electron chi connectivity index (χ0n) is 10.9. The molecule has 1 N–H and O–H groups in total. The first-order chi connectivity index (χ1) is 9.02. The molecule has 0 aliphatic heterocycles. The fourth-order valence-electron chi connectivity index (χ4n) is 1.87. The minimum atomic E-state index is -0.364. The van der Waals surface area contributed by atoms with Gasteiger partial charge in [-0.2, -0.15) is 0 Å². The Morgan fingerprint density at radius 3 is 2.68 bits per heavy atom. The molecule has 0 heterocycles. The van der Waals surface area contributed by atoms with Crippen molar-refractivity contribution >= 4 is 33.5 Å². The predicted octanol–water partition coefficient (Wildman–Crippen LogP) is 3.22. The van der Waals surface area contributed by atoms with Crippen molar-refractivity contribution < 1.29 is 14.3 Å². The number of benzene rings is 1. The molecule has 0 bridgehead atoms. The lowest BCUT2D eigenvalue weighted by atomic mass is 10.2. The van der Waals surface area contributed by atoms with Crippen molar-refractivity contribution in [1.82, 2.24) is 0 Å². The molecule has 1 fully saturated rings. The Kier molecular flexibility index (Phi) is 4.24. The maximum atomic E-state index is 11.8. The van der Waals surface area contributed by atoms with Crippen molar-refractivity contribution in [3.8, 4) is 0 Å². The fourth-order valence-corrected chi connectivity index (χ4v) is 2.35. The van der Waals surface area contributed by atoms with Crippen LogP contribution < -0.4 is 5.32 Å². The highest BCUT2D eigenvalue weighted by Crippen LogP contribution is 2.39. The Morgan fingerprint density at radius 1 is 1.47 bits per heavy atom. The lowest BCUT2D eigenvalue weighted by molar-refractivity contribution is -0.117. The van der Waals surface area contributed by atoms with Crippen LogP contribution in [0.25, 0.3) is 0 Å². The molecule has 0 spiro atoms. The first-order valence-corrected chi connectivity index (χ1v) is 7.09. The molecule has 2 unspecified atom stereocenters. The molecule has 102 valence electrons. The number of hydrogen-bond donors (Lipinski definition) is 1. The van der Waals surface area contributed by atoms with E-state index >= 15 is 0 Å². The highest BCUT2D eigenvalue weighted by Gasteiger charge is 2.39. The van der Waals surface area contributed by atoms with Crippen molar-refractivity contribution in [2.75, 3.05) is 11.9 Å². The summed E-state index contributed by atoms with van der Waals surface area (Å²) in [6.07, 6.45) is 0.949. The van der Waals surface area contributed by atoms with Crippen LogP contribution in [0.3, 0.4) is 0 Å². The lowest BCUT2D eigenvalue weighted by Gasteiger charge is -2.08. The minimum Gasteiger partial charge on any atom is -0.462 e. The highest BCUT2D eigenvalue weighted by atomic mass is 79.9. The number of nitrogens with one attached hydrogen (secondary N) is 1. The van der Waals surface area contributed by atoms with Gasteiger partial charge in [-0.25, -0.2) is 4.79 Å². The van der Waals surface area contributed by atoms with Crippen molar-refractivity contribution in [2.45, 2.75) is 20.3 Å². The normalized spacial score (nSPS) is 20.8. The maximum Gasteiger partial charge on any atom is 0.338 e. The van der Waals surface area contributed by atoms with Crippen LogP contribution in [-0.2, 0) is 9.53 Å². The Labute approximate surface area is 120 Å². The van der Waals surface area contributed by atoms with Crippen LogP contribution in [0, 0.1) is 11.8 Å². The number of ether oxygens (including phenoxy) is 1. The topological polar surface area (TPSA) is 55.4 Å². The van der Waals surface area contributed by atoms with E-state index in [4.69, 9.17) is 4.74 Å². The molecule has 0 saturated heterocycles. The van der Waals surface area contributed by atoms with E-state index in [1.807, 2.05) is 0 Å². The molecular weight excluding hydrogens is 310 g/mol. The zero-order chi connectivity index (χ0) is 14.0. The van der Waals surface area contributed by atoms with Crippen LogP contribution in [0.4, 0.5) is 5.69 Å². The summed E-state index contributed by atoms with van der Waals surface area (Å²) in [7, 11) is 0. The van der Waals surface area contributed by atoms with Gasteiger partial charge in [0.2, 0.25) is 5.91 Å². The number of rotatable bonds is 4. The monoisotopic (exact) mass is 325 g/mol. The first-order valence-electron chi connectivity index (χ1n) is 6.30. The molecule has 0 radical (unpaired) electrons. The van der Waals surface area contributed by atoms with Crippen molar-refractivity contribution in [1.29, 1.82) is 0 Å². The third-order valence-electron chi connectivity index (χ3n) is 3.18. The average Bonchev–Trinajstić information content (AvgIpc) is 3.09. The van der Waals surface area contributed by atoms with Gasteiger partial charge >= 0.3 is 5.97 Å². The fraction of sp³-hybridized carbons (Fsp3) is 0.429. The van der Waals surface area contributed by atoms with Crippen LogP contribution in [0.1, 0.15) is 30.6 Å². The van der Waals surface area contributed by atoms with E-state index in [9.17, 15) is 9.59 Å². The SMILES string of the molecule is CCOC(=O)c1ccc(NC(=O)C2CC2C)c(Br)c1. The Bertz CT molecular complexity index is 515. The number of esters is 1. The summed E-state index contributed by atoms with van der Waals surface area (Å²) in [5.74, 6) is 0.267. The number of anilines is 1. The second-order valence-electron chi connectivity index (χ2n) is 4.72. The molecule has 4 nitrogen and oxygen atoms in total. The number of carbonyl (C=O) groups is 2. The van der Waals surface area contributed by atoms with Gasteiger partial charge < -0.3 is 10.1 Å². The van der Waals surface area contributed by atoms with Crippen LogP contribution in [-0.4, -0.2) is 18.5 Å². The number of amides is 1. The molecule has 2 rings (SSSR count). The standard InChI is InChI=1S/C14H16BrNO3/c1-3-19-14(18)9-4-5-12(11(15)7-9)16-13(17)10-6-8(10)2/h4-5,7-8,10H,3,6H2,1-2H3,(H,16,17). The summed E-state index contributed by atoms with van der Waals surface area (Å²) in [5.41, 5.74) is 1.14. The van der Waals surface area contributed by atoms with Crippen molar-refractivity contribution in [2.24, 2.45) is 11.8 Å². The molecule has 1 aromatic carbocycles. The average molecular weight is 326 g/mol. The molecular formula is C14H16BrNO3. The number of hydrogen-bond acceptors (Lipinski definition) is 3. The molecule has 5 heteroatoms. The van der Waals surface area contributed by atoms with E-state index in [1.165, 1.54) is 0 Å². The molecule has 19 heavy (non-hydrogen) atoms. The smallest absolute Gasteiger partial charge is 0.338 e. The Balaban J connectivity index is 2.06. The Hall–Kier alpha value is -1.36. The Morgan fingerprint density at radius 2 is 2.16 bits per heavy atom. The quantitative estimate of drug-likeness (QED) is 0.865. The molecule has 1 aromatic rings. The summed E-state index contributed by atoms with van der Waals surface area (Å²) in [5, 5.41) is 2.86. The van der Waals surface area contributed by atoms with Gasteiger partial charge in [-0.1, -0.05) is 6.92 Å². The van der Waals surface area contributed by atoms with Gasteiger partial charge in [-0.15, -0.1) is 0 Å². The van der Waals surface area contributed by atoms with Gasteiger partial charge in [0.15, 0.2) is 0 Å². The zero-order valence-corrected chi connectivity index (χ0v) is 12.5. The van der Waals surface area contributed by atoms with Gasteiger partial charge in [0, 0.05) is 10.4 Å². The van der Waals surface area contributed by atoms with Gasteiger partial charge in [-0.3, -0.25) is 4.79 Å². The maximum absolute atomic E-state index is 11.8. The van der Waals surface area contributed by atoms with Crippen LogP contribution in [0.15, 0.2) is 22.7 Å². The molecule has 1 saturated carbocycles. The van der Waals surface area contributed by atoms with E-state index in [2.05, 4.69) is 28.2 Å². The van der Waals surface area contributed by atoms with E-state index in [0.29, 0.717) is 28.2 Å². The predicted molar refractivity (Wildman–Crippen MR) is 76.0 cm³/mol. The third-order valence-corrected chi connectivity index (χ3v) is 3.84. The van der Waals surface area contributed by atoms with Gasteiger partial charge in [0.1, 0.15) is 0 Å². The van der Waals surface area contributed by atoms with E-state index < -0.39 is 0 Å². The summed E-state index contributed by atoms with van der Waals surface area (Å²) in [4.78, 5) is 23.4. The summed E-state index contributed by atoms with van der Waals surface area (Å²) in [6, 6.07) is 5.01. The van der Waals surface area contributed by atoms with Crippen LogP contribution >= 0.6 is 15.9 Å². The number of carbonyl (C=O) groups excluding carboxylic acids is 2. The second-order valence-corrected chi connectivity index (χ2v) is 5.58. The molecule has 1 aliphatic carbocycles. The second kappa shape index (κ2) is 5.74. The first kappa shape index (κ1) is 14.1. The summed E-state index contributed by atoms with van der Waals surface area (Å²) < 4.78 is 5.60. The largest absolute Gasteiger partial charge is 0.462 e. The van der Waals surface area contributed by atoms with E-state index in [-0.39, 0.29) is 17.8 Å². The van der Waals surface area contributed by atoms with Crippen LogP contribution in [0.2, 0.25) is 0 Å². The summed E-state index contributed by atoms with van der Waals surface area (Å²) in [6.45, 7) is 4.16. The van der Waals surface area contributed by atoms with Crippen molar-refractivity contribution in [3.63, 3.8) is 0 Å². The van der Waals surface area contributed by atoms with E-state index in [1.54, 1.807) is 25.1 Å². The molecule has 0 aromatic heterocycles. The van der Waals surface area contributed by atoms with Gasteiger partial charge in [-0.05, 0) is 53.4 Å². The van der Waals surface area contributed by atoms with E-state index in [0.717, 1.165) is 6.42 Å². The third kappa shape index (κ3) is 3.35. The molecule has 1 aliphatic rings. The molecule has 2 atom stereocenters. The minimum absolute atomic E-state index is 0.0390. The molecule has 1 amide bonds. The highest BCUT2D eigenvalue weighted by molar-refractivity contribution is 9.10. The van der Waals surface area contributed by atoms with Crippen molar-refractivity contribution in [3.05, 3.63) is 28.2 Å².